The van der Waals surface area contributed by atoms with Gasteiger partial charge in [-0.05, 0) is 38.5 Å². The number of rotatable bonds is 89. The van der Waals surface area contributed by atoms with Gasteiger partial charge in [-0.3, -0.25) is 19.2 Å². The fourth-order valence-corrected chi connectivity index (χ4v) is 15.4. The van der Waals surface area contributed by atoms with Crippen molar-refractivity contribution in [3.8, 4) is 0 Å². The van der Waals surface area contributed by atoms with Crippen molar-refractivity contribution < 1.29 is 38.1 Å². The molecule has 1 unspecified atom stereocenters. The second-order valence-corrected chi connectivity index (χ2v) is 33.2. The third kappa shape index (κ3) is 76.4. The van der Waals surface area contributed by atoms with Gasteiger partial charge >= 0.3 is 23.9 Å². The molecule has 8 nitrogen and oxygen atoms in total. The second kappa shape index (κ2) is 85.5. The molecule has 0 aliphatic heterocycles. The maximum absolute atomic E-state index is 14.4. The standard InChI is InChI=1S/C95H184O8/c1-6-11-16-21-26-31-36-41-46-51-52-57-62-67-72-77-82-90(103-94(99)86-81-76-71-66-61-56-50-45-40-35-30-25-20-15-10-5)95(87-100-91(96)83-78-73-68-63-58-53-47-42-37-32-27-22-17-12-7-2,88-101-92(97)84-79-74-69-64-59-54-48-43-38-33-28-23-18-13-8-3)89-102-93(98)85-80-75-70-65-60-55-49-44-39-34-29-24-19-14-9-4/h90H,6-89H2,1-5H3. The number of unbranched alkanes of at least 4 members (excludes halogenated alkanes) is 71. The molecule has 0 saturated carbocycles. The minimum absolute atomic E-state index is 0.140. The largest absolute Gasteiger partial charge is 0.465 e. The zero-order chi connectivity index (χ0) is 74.6. The van der Waals surface area contributed by atoms with Crippen LogP contribution in [0.1, 0.15) is 555 Å². The smallest absolute Gasteiger partial charge is 0.306 e. The number of ether oxygens (including phenoxy) is 4. The highest BCUT2D eigenvalue weighted by Gasteiger charge is 2.46. The number of carbonyl (C=O) groups is 4. The van der Waals surface area contributed by atoms with E-state index in [0.717, 1.165) is 96.3 Å². The lowest BCUT2D eigenvalue weighted by Crippen LogP contribution is -2.50. The SMILES string of the molecule is CCCCCCCCCCCCCCCCCCC(OC(=O)CCCCCCCCCCCCCCCCC)C(COC(=O)CCCCCCCCCCCCCCCCC)(COC(=O)CCCCCCCCCCCCCCCCC)COC(=O)CCCCCCCCCCCCCCCCC. The monoisotopic (exact) mass is 1450 g/mol. The first kappa shape index (κ1) is 101. The van der Waals surface area contributed by atoms with Gasteiger partial charge in [0, 0.05) is 25.7 Å². The Kier molecular flexibility index (Phi) is 83.7. The van der Waals surface area contributed by atoms with Crippen LogP contribution >= 0.6 is 0 Å². The summed E-state index contributed by atoms with van der Waals surface area (Å²) in [5.74, 6) is -1.15. The van der Waals surface area contributed by atoms with Crippen molar-refractivity contribution in [3.05, 3.63) is 0 Å². The van der Waals surface area contributed by atoms with Crippen molar-refractivity contribution in [2.75, 3.05) is 19.8 Å². The zero-order valence-electron chi connectivity index (χ0n) is 70.7. The van der Waals surface area contributed by atoms with E-state index in [2.05, 4.69) is 34.6 Å². The van der Waals surface area contributed by atoms with Crippen LogP contribution in [0, 0.1) is 5.41 Å². The second-order valence-electron chi connectivity index (χ2n) is 33.2. The van der Waals surface area contributed by atoms with Crippen molar-refractivity contribution in [1.29, 1.82) is 0 Å². The van der Waals surface area contributed by atoms with E-state index in [4.69, 9.17) is 18.9 Å². The first-order valence-corrected chi connectivity index (χ1v) is 47.4. The fourth-order valence-electron chi connectivity index (χ4n) is 15.4. The Morgan fingerprint density at radius 3 is 0.485 bits per heavy atom. The number of hydrogen-bond acceptors (Lipinski definition) is 8. The molecule has 0 aliphatic carbocycles. The molecule has 0 aromatic carbocycles. The van der Waals surface area contributed by atoms with E-state index < -0.39 is 11.5 Å². The van der Waals surface area contributed by atoms with Gasteiger partial charge < -0.3 is 18.9 Å². The van der Waals surface area contributed by atoms with Gasteiger partial charge in [-0.2, -0.15) is 0 Å². The summed E-state index contributed by atoms with van der Waals surface area (Å²) in [5, 5.41) is 0. The molecule has 0 heterocycles. The summed E-state index contributed by atoms with van der Waals surface area (Å²) in [6, 6.07) is 0. The van der Waals surface area contributed by atoms with Crippen LogP contribution < -0.4 is 0 Å². The van der Waals surface area contributed by atoms with Gasteiger partial charge in [-0.25, -0.2) is 0 Å². The normalized spacial score (nSPS) is 12.0. The first-order chi connectivity index (χ1) is 50.8. The Labute approximate surface area is 644 Å². The minimum Gasteiger partial charge on any atom is -0.465 e. The fraction of sp³-hybridized carbons (Fsp3) is 0.958. The summed E-state index contributed by atoms with van der Waals surface area (Å²) in [6.07, 6.45) is 96.4. The van der Waals surface area contributed by atoms with Gasteiger partial charge in [0.2, 0.25) is 0 Å². The average Bonchev–Trinajstić information content (AvgIpc) is 0.815. The molecule has 0 aromatic heterocycles. The topological polar surface area (TPSA) is 105 Å². The molecule has 0 aliphatic rings. The lowest BCUT2D eigenvalue weighted by Gasteiger charge is -2.38. The summed E-state index contributed by atoms with van der Waals surface area (Å²) >= 11 is 0. The maximum atomic E-state index is 14.4. The highest BCUT2D eigenvalue weighted by Crippen LogP contribution is 2.34. The van der Waals surface area contributed by atoms with E-state index in [1.54, 1.807) is 0 Å². The molecule has 0 spiro atoms. The van der Waals surface area contributed by atoms with Crippen molar-refractivity contribution in [2.24, 2.45) is 5.41 Å². The minimum atomic E-state index is -1.25. The van der Waals surface area contributed by atoms with Crippen LogP contribution in [0.4, 0.5) is 0 Å². The van der Waals surface area contributed by atoms with E-state index in [0.29, 0.717) is 32.1 Å². The zero-order valence-corrected chi connectivity index (χ0v) is 70.7. The molecule has 0 amide bonds. The molecule has 0 N–H and O–H groups in total. The van der Waals surface area contributed by atoms with Gasteiger partial charge in [0.05, 0.1) is 0 Å². The molecular formula is C95H184O8. The van der Waals surface area contributed by atoms with Crippen LogP contribution in [0.15, 0.2) is 0 Å². The summed E-state index contributed by atoms with van der Waals surface area (Å²) in [4.78, 5) is 56.4. The van der Waals surface area contributed by atoms with Gasteiger partial charge in [-0.1, -0.05) is 490 Å². The average molecular weight is 1450 g/mol. The van der Waals surface area contributed by atoms with Crippen LogP contribution in [0.25, 0.3) is 0 Å². The lowest BCUT2D eigenvalue weighted by molar-refractivity contribution is -0.184. The van der Waals surface area contributed by atoms with E-state index in [9.17, 15) is 19.2 Å². The molecule has 0 fully saturated rings. The van der Waals surface area contributed by atoms with Gasteiger partial charge in [0.1, 0.15) is 31.3 Å². The van der Waals surface area contributed by atoms with Gasteiger partial charge in [0.15, 0.2) is 0 Å². The molecular weight excluding hydrogens is 1270 g/mol. The van der Waals surface area contributed by atoms with Crippen molar-refractivity contribution in [3.63, 3.8) is 0 Å². The molecule has 0 radical (unpaired) electrons. The van der Waals surface area contributed by atoms with Crippen LogP contribution in [-0.2, 0) is 38.1 Å². The summed E-state index contributed by atoms with van der Waals surface area (Å²) in [5.41, 5.74) is -1.25. The van der Waals surface area contributed by atoms with Crippen LogP contribution in [0.3, 0.4) is 0 Å². The van der Waals surface area contributed by atoms with Gasteiger partial charge in [-0.15, -0.1) is 0 Å². The van der Waals surface area contributed by atoms with Crippen LogP contribution in [0.5, 0.6) is 0 Å². The van der Waals surface area contributed by atoms with E-state index in [1.807, 2.05) is 0 Å². The first-order valence-electron chi connectivity index (χ1n) is 47.4. The highest BCUT2D eigenvalue weighted by molar-refractivity contribution is 5.71. The summed E-state index contributed by atoms with van der Waals surface area (Å²) < 4.78 is 25.8. The number of carbonyl (C=O) groups excluding carboxylic acids is 4. The molecule has 8 heteroatoms. The highest BCUT2D eigenvalue weighted by atomic mass is 16.6. The van der Waals surface area contributed by atoms with Crippen LogP contribution in [0.2, 0.25) is 0 Å². The number of hydrogen-bond donors (Lipinski definition) is 0. The quantitative estimate of drug-likeness (QED) is 0.0337. The van der Waals surface area contributed by atoms with Crippen LogP contribution in [-0.4, -0.2) is 49.8 Å². The molecule has 103 heavy (non-hydrogen) atoms. The maximum Gasteiger partial charge on any atom is 0.306 e. The molecule has 0 saturated heterocycles. The summed E-state index contributed by atoms with van der Waals surface area (Å²) in [6.45, 7) is 11.0. The van der Waals surface area contributed by atoms with Gasteiger partial charge in [0.25, 0.3) is 0 Å². The Morgan fingerprint density at radius 1 is 0.184 bits per heavy atom. The Bertz CT molecular complexity index is 1580. The van der Waals surface area contributed by atoms with E-state index in [1.165, 1.54) is 392 Å². The van der Waals surface area contributed by atoms with E-state index in [-0.39, 0.29) is 43.7 Å². The molecule has 0 bridgehead atoms. The Morgan fingerprint density at radius 2 is 0.320 bits per heavy atom. The van der Waals surface area contributed by atoms with Crippen molar-refractivity contribution in [1.82, 2.24) is 0 Å². The molecule has 1 atom stereocenters. The number of esters is 4. The van der Waals surface area contributed by atoms with E-state index >= 15 is 0 Å². The predicted octanol–water partition coefficient (Wildman–Crippen LogP) is 32.2. The van der Waals surface area contributed by atoms with Crippen molar-refractivity contribution in [2.45, 2.75) is 561 Å². The molecule has 612 valence electrons. The Balaban J connectivity index is 6.36. The third-order valence-electron chi connectivity index (χ3n) is 22.8. The molecule has 0 aromatic rings. The summed E-state index contributed by atoms with van der Waals surface area (Å²) in [7, 11) is 0. The predicted molar refractivity (Wildman–Crippen MR) is 448 cm³/mol. The lowest BCUT2D eigenvalue weighted by atomic mass is 9.81. The van der Waals surface area contributed by atoms with Crippen molar-refractivity contribution >= 4 is 23.9 Å². The Hall–Kier alpha value is -2.12. The molecule has 0 rings (SSSR count). The third-order valence-corrected chi connectivity index (χ3v) is 22.8.